The summed E-state index contributed by atoms with van der Waals surface area (Å²) in [6.07, 6.45) is 8.34. The lowest BCUT2D eigenvalue weighted by molar-refractivity contribution is -0.294. The Balaban J connectivity index is 3.46. The third-order valence-electron chi connectivity index (χ3n) is 2.83. The SMILES string of the molecule is CCCCCCCCCCOC(=O)C(F)(CF)OF. The molecule has 0 aliphatic heterocycles. The summed E-state index contributed by atoms with van der Waals surface area (Å²) in [7, 11) is 0. The fourth-order valence-electron chi connectivity index (χ4n) is 1.62. The highest BCUT2D eigenvalue weighted by atomic mass is 19.3. The van der Waals surface area contributed by atoms with Crippen molar-refractivity contribution in [3.63, 3.8) is 0 Å². The number of esters is 1. The minimum absolute atomic E-state index is 0.0528. The molecule has 0 radical (unpaired) electrons. The topological polar surface area (TPSA) is 35.5 Å². The summed E-state index contributed by atoms with van der Waals surface area (Å²) in [5.41, 5.74) is 0. The molecule has 0 fully saturated rings. The van der Waals surface area contributed by atoms with E-state index >= 15 is 0 Å². The molecule has 0 saturated heterocycles. The van der Waals surface area contributed by atoms with Crippen molar-refractivity contribution in [2.45, 2.75) is 64.1 Å². The minimum Gasteiger partial charge on any atom is -0.461 e. The molecule has 1 unspecified atom stereocenters. The molecule has 0 rings (SSSR count). The number of carbonyl (C=O) groups is 1. The second-order valence-corrected chi connectivity index (χ2v) is 4.55. The van der Waals surface area contributed by atoms with E-state index < -0.39 is 18.5 Å². The maximum atomic E-state index is 12.9. The molecule has 114 valence electrons. The molecule has 0 aliphatic carbocycles. The molecule has 6 heteroatoms. The highest BCUT2D eigenvalue weighted by Gasteiger charge is 2.44. The van der Waals surface area contributed by atoms with Crippen molar-refractivity contribution in [1.29, 1.82) is 0 Å². The highest BCUT2D eigenvalue weighted by molar-refractivity contribution is 5.77. The predicted molar refractivity (Wildman–Crippen MR) is 65.6 cm³/mol. The predicted octanol–water partition coefficient (Wildman–Crippen LogP) is 4.21. The van der Waals surface area contributed by atoms with Gasteiger partial charge >= 0.3 is 11.8 Å². The van der Waals surface area contributed by atoms with Gasteiger partial charge in [-0.05, 0) is 10.9 Å². The summed E-state index contributed by atoms with van der Waals surface area (Å²) >= 11 is 0. The van der Waals surface area contributed by atoms with Crippen LogP contribution in [0.2, 0.25) is 0 Å². The van der Waals surface area contributed by atoms with E-state index in [4.69, 9.17) is 0 Å². The van der Waals surface area contributed by atoms with E-state index in [1.165, 1.54) is 25.7 Å². The maximum absolute atomic E-state index is 12.9. The number of hydrogen-bond donors (Lipinski definition) is 0. The molecular weight excluding hydrogens is 261 g/mol. The van der Waals surface area contributed by atoms with Gasteiger partial charge in [0.05, 0.1) is 6.61 Å². The van der Waals surface area contributed by atoms with Crippen LogP contribution >= 0.6 is 0 Å². The first kappa shape index (κ1) is 18.2. The van der Waals surface area contributed by atoms with Crippen LogP contribution in [0.25, 0.3) is 0 Å². The van der Waals surface area contributed by atoms with Crippen molar-refractivity contribution in [3.8, 4) is 0 Å². The van der Waals surface area contributed by atoms with Gasteiger partial charge in [0.15, 0.2) is 6.67 Å². The molecule has 0 aromatic carbocycles. The summed E-state index contributed by atoms with van der Waals surface area (Å²) in [6, 6.07) is 0. The molecule has 0 saturated carbocycles. The number of rotatable bonds is 12. The van der Waals surface area contributed by atoms with Crippen LogP contribution in [0.15, 0.2) is 0 Å². The van der Waals surface area contributed by atoms with E-state index in [1.54, 1.807) is 0 Å². The Labute approximate surface area is 112 Å². The Kier molecular flexibility index (Phi) is 10.6. The van der Waals surface area contributed by atoms with Crippen LogP contribution in [-0.4, -0.2) is 25.1 Å². The molecular formula is C13H23F3O3. The Morgan fingerprint density at radius 2 is 1.58 bits per heavy atom. The van der Waals surface area contributed by atoms with Crippen molar-refractivity contribution in [2.24, 2.45) is 0 Å². The fourth-order valence-corrected chi connectivity index (χ4v) is 1.62. The van der Waals surface area contributed by atoms with E-state index in [0.717, 1.165) is 19.3 Å². The van der Waals surface area contributed by atoms with E-state index in [-0.39, 0.29) is 6.61 Å². The summed E-state index contributed by atoms with van der Waals surface area (Å²) in [5, 5.41) is 0. The van der Waals surface area contributed by atoms with Crippen LogP contribution in [-0.2, 0) is 14.5 Å². The van der Waals surface area contributed by atoms with Gasteiger partial charge in [0, 0.05) is 0 Å². The summed E-state index contributed by atoms with van der Waals surface area (Å²) in [6.45, 7) is 0.195. The molecule has 0 aromatic rings. The van der Waals surface area contributed by atoms with Crippen molar-refractivity contribution in [2.75, 3.05) is 13.3 Å². The molecule has 0 N–H and O–H groups in total. The van der Waals surface area contributed by atoms with E-state index in [1.807, 2.05) is 0 Å². The minimum atomic E-state index is -3.61. The van der Waals surface area contributed by atoms with Gasteiger partial charge in [-0.15, -0.1) is 4.94 Å². The summed E-state index contributed by atoms with van der Waals surface area (Å²) < 4.78 is 41.0. The molecule has 0 spiro atoms. The quantitative estimate of drug-likeness (QED) is 0.398. The third kappa shape index (κ3) is 8.08. The second kappa shape index (κ2) is 11.1. The van der Waals surface area contributed by atoms with Crippen molar-refractivity contribution in [3.05, 3.63) is 0 Å². The zero-order valence-corrected chi connectivity index (χ0v) is 11.4. The highest BCUT2D eigenvalue weighted by Crippen LogP contribution is 2.17. The Morgan fingerprint density at radius 3 is 2.05 bits per heavy atom. The van der Waals surface area contributed by atoms with Gasteiger partial charge in [-0.25, -0.2) is 9.18 Å². The van der Waals surface area contributed by atoms with Crippen LogP contribution in [0.1, 0.15) is 58.3 Å². The van der Waals surface area contributed by atoms with Crippen molar-refractivity contribution < 1.29 is 27.8 Å². The first-order chi connectivity index (χ1) is 9.10. The zero-order chi connectivity index (χ0) is 14.6. The normalized spacial score (nSPS) is 14.1. The van der Waals surface area contributed by atoms with Gasteiger partial charge in [0.2, 0.25) is 0 Å². The largest absolute Gasteiger partial charge is 0.461 e. The Hall–Kier alpha value is -0.780. The van der Waals surface area contributed by atoms with Gasteiger partial charge in [-0.2, -0.15) is 4.39 Å². The van der Waals surface area contributed by atoms with Crippen LogP contribution in [0, 0.1) is 0 Å². The van der Waals surface area contributed by atoms with E-state index in [9.17, 15) is 18.1 Å². The van der Waals surface area contributed by atoms with Gasteiger partial charge in [-0.3, -0.25) is 0 Å². The standard InChI is InChI=1S/C13H23F3O3/c1-2-3-4-5-6-7-8-9-10-18-12(17)13(15,11-14)19-16/h2-11H2,1H3. The van der Waals surface area contributed by atoms with E-state index in [0.29, 0.717) is 6.42 Å². The average Bonchev–Trinajstić information content (AvgIpc) is 2.44. The lowest BCUT2D eigenvalue weighted by Crippen LogP contribution is -2.38. The number of hydrogen-bond acceptors (Lipinski definition) is 3. The summed E-state index contributed by atoms with van der Waals surface area (Å²) in [4.78, 5) is 13.6. The number of carbonyl (C=O) groups excluding carboxylic acids is 1. The van der Waals surface area contributed by atoms with Gasteiger partial charge in [0.1, 0.15) is 0 Å². The number of unbranched alkanes of at least 4 members (excludes halogenated alkanes) is 7. The fraction of sp³-hybridized carbons (Fsp3) is 0.923. The summed E-state index contributed by atoms with van der Waals surface area (Å²) in [5.74, 6) is -5.26. The number of alkyl halides is 2. The molecule has 19 heavy (non-hydrogen) atoms. The van der Waals surface area contributed by atoms with Crippen LogP contribution < -0.4 is 0 Å². The van der Waals surface area contributed by atoms with Crippen LogP contribution in [0.3, 0.4) is 0 Å². The molecule has 3 nitrogen and oxygen atoms in total. The van der Waals surface area contributed by atoms with Crippen molar-refractivity contribution >= 4 is 5.97 Å². The lowest BCUT2D eigenvalue weighted by atomic mass is 10.1. The molecule has 0 aliphatic rings. The van der Waals surface area contributed by atoms with Gasteiger partial charge in [-0.1, -0.05) is 51.9 Å². The van der Waals surface area contributed by atoms with Crippen LogP contribution in [0.5, 0.6) is 0 Å². The number of ether oxygens (including phenoxy) is 1. The van der Waals surface area contributed by atoms with Gasteiger partial charge < -0.3 is 4.74 Å². The lowest BCUT2D eigenvalue weighted by Gasteiger charge is -2.14. The van der Waals surface area contributed by atoms with Gasteiger partial charge in [0.25, 0.3) is 0 Å². The molecule has 0 heterocycles. The number of halogens is 3. The van der Waals surface area contributed by atoms with E-state index in [2.05, 4.69) is 16.6 Å². The maximum Gasteiger partial charge on any atom is 0.378 e. The molecule has 1 atom stereocenters. The zero-order valence-electron chi connectivity index (χ0n) is 11.4. The molecule has 0 aromatic heterocycles. The molecule has 0 bridgehead atoms. The van der Waals surface area contributed by atoms with Crippen molar-refractivity contribution in [1.82, 2.24) is 0 Å². The third-order valence-corrected chi connectivity index (χ3v) is 2.83. The Bertz CT molecular complexity index is 233. The molecule has 0 amide bonds. The first-order valence-corrected chi connectivity index (χ1v) is 6.82. The first-order valence-electron chi connectivity index (χ1n) is 6.82. The Morgan fingerprint density at radius 1 is 1.05 bits per heavy atom. The van der Waals surface area contributed by atoms with Crippen LogP contribution in [0.4, 0.5) is 13.3 Å². The monoisotopic (exact) mass is 284 g/mol. The second-order valence-electron chi connectivity index (χ2n) is 4.55. The average molecular weight is 284 g/mol. The smallest absolute Gasteiger partial charge is 0.378 e.